The zero-order valence-corrected chi connectivity index (χ0v) is 7.22. The van der Waals surface area contributed by atoms with Crippen molar-refractivity contribution in [2.75, 3.05) is 14.2 Å². The van der Waals surface area contributed by atoms with Gasteiger partial charge in [-0.2, -0.15) is 0 Å². The van der Waals surface area contributed by atoms with Crippen LogP contribution in [-0.4, -0.2) is 31.7 Å². The molecule has 2 fully saturated rings. The molecule has 1 heterocycles. The average molecular weight is 158 g/mol. The fraction of sp³-hybridized carbons (Fsp3) is 1.00. The van der Waals surface area contributed by atoms with Gasteiger partial charge >= 0.3 is 0 Å². The third-order valence-electron chi connectivity index (χ3n) is 2.85. The summed E-state index contributed by atoms with van der Waals surface area (Å²) in [5, 5.41) is 0. The summed E-state index contributed by atoms with van der Waals surface area (Å²) in [4.78, 5) is 0. The summed E-state index contributed by atoms with van der Waals surface area (Å²) in [6, 6.07) is 0. The first-order valence-electron chi connectivity index (χ1n) is 3.94. The van der Waals surface area contributed by atoms with Crippen LogP contribution < -0.4 is 0 Å². The average Bonchev–Trinajstić information content (AvgIpc) is 2.81. The Balaban J connectivity index is 2.04. The first kappa shape index (κ1) is 7.53. The Kier molecular flexibility index (Phi) is 1.35. The highest BCUT2D eigenvalue weighted by molar-refractivity contribution is 5.24. The van der Waals surface area contributed by atoms with Gasteiger partial charge in [0.25, 0.3) is 0 Å². The molecule has 2 aliphatic rings. The van der Waals surface area contributed by atoms with Crippen LogP contribution >= 0.6 is 0 Å². The zero-order valence-electron chi connectivity index (χ0n) is 7.22. The lowest BCUT2D eigenvalue weighted by atomic mass is 10.1. The fourth-order valence-corrected chi connectivity index (χ4v) is 1.90. The molecule has 0 radical (unpaired) electrons. The number of methoxy groups -OCH3 is 2. The Labute approximate surface area is 66.6 Å². The van der Waals surface area contributed by atoms with Crippen molar-refractivity contribution in [1.82, 2.24) is 0 Å². The zero-order chi connectivity index (χ0) is 8.11. The quantitative estimate of drug-likeness (QED) is 0.452. The molecule has 1 atom stereocenters. The molecule has 1 saturated heterocycles. The van der Waals surface area contributed by atoms with E-state index in [1.54, 1.807) is 14.2 Å². The highest BCUT2D eigenvalue weighted by atomic mass is 16.7. The molecule has 2 rings (SSSR count). The molecule has 3 heteroatoms. The fourth-order valence-electron chi connectivity index (χ4n) is 1.90. The van der Waals surface area contributed by atoms with Gasteiger partial charge in [-0.15, -0.1) is 0 Å². The maximum absolute atomic E-state index is 5.60. The van der Waals surface area contributed by atoms with Crippen molar-refractivity contribution in [2.45, 2.75) is 37.3 Å². The molecule has 0 bridgehead atoms. The first-order chi connectivity index (χ1) is 5.18. The van der Waals surface area contributed by atoms with Crippen molar-refractivity contribution in [3.05, 3.63) is 0 Å². The van der Waals surface area contributed by atoms with Crippen LogP contribution in [0.15, 0.2) is 0 Å². The third kappa shape index (κ3) is 0.789. The number of epoxide rings is 1. The summed E-state index contributed by atoms with van der Waals surface area (Å²) in [7, 11) is 3.30. The predicted octanol–water partition coefficient (Wildman–Crippen LogP) is 0.927. The number of hydrogen-bond donors (Lipinski definition) is 0. The van der Waals surface area contributed by atoms with Gasteiger partial charge in [-0.1, -0.05) is 0 Å². The van der Waals surface area contributed by atoms with E-state index in [1.807, 2.05) is 0 Å². The van der Waals surface area contributed by atoms with E-state index in [2.05, 4.69) is 6.92 Å². The molecule has 0 aromatic rings. The lowest BCUT2D eigenvalue weighted by Crippen LogP contribution is -2.33. The Bertz CT molecular complexity index is 172. The molecule has 0 aromatic carbocycles. The van der Waals surface area contributed by atoms with Crippen LogP contribution in [0.2, 0.25) is 0 Å². The van der Waals surface area contributed by atoms with Gasteiger partial charge in [0.05, 0.1) is 0 Å². The van der Waals surface area contributed by atoms with E-state index in [4.69, 9.17) is 14.2 Å². The van der Waals surface area contributed by atoms with Crippen molar-refractivity contribution in [1.29, 1.82) is 0 Å². The van der Waals surface area contributed by atoms with Crippen LogP contribution in [0.3, 0.4) is 0 Å². The van der Waals surface area contributed by atoms with E-state index in [1.165, 1.54) is 0 Å². The molecule has 11 heavy (non-hydrogen) atoms. The van der Waals surface area contributed by atoms with Crippen molar-refractivity contribution in [3.8, 4) is 0 Å². The third-order valence-corrected chi connectivity index (χ3v) is 2.85. The van der Waals surface area contributed by atoms with Gasteiger partial charge in [0, 0.05) is 14.2 Å². The largest absolute Gasteiger partial charge is 0.357 e. The number of hydrogen-bond acceptors (Lipinski definition) is 3. The van der Waals surface area contributed by atoms with Gasteiger partial charge in [-0.05, 0) is 19.8 Å². The van der Waals surface area contributed by atoms with Gasteiger partial charge in [-0.3, -0.25) is 0 Å². The van der Waals surface area contributed by atoms with E-state index in [-0.39, 0.29) is 17.5 Å². The monoisotopic (exact) mass is 158 g/mol. The molecule has 1 saturated carbocycles. The van der Waals surface area contributed by atoms with E-state index in [9.17, 15) is 0 Å². The standard InChI is InChI=1S/C8H14O3/c1-7(6(9-2)10-3)8(11-7)4-5-8/h6H,4-5H2,1-3H3. The van der Waals surface area contributed by atoms with Gasteiger partial charge in [0.15, 0.2) is 6.29 Å². The highest BCUT2D eigenvalue weighted by Gasteiger charge is 2.78. The molecule has 1 aliphatic heterocycles. The molecular formula is C8H14O3. The topological polar surface area (TPSA) is 31.0 Å². The van der Waals surface area contributed by atoms with E-state index >= 15 is 0 Å². The van der Waals surface area contributed by atoms with Crippen molar-refractivity contribution >= 4 is 0 Å². The van der Waals surface area contributed by atoms with Crippen LogP contribution in [0.1, 0.15) is 19.8 Å². The second kappa shape index (κ2) is 1.97. The molecule has 64 valence electrons. The molecule has 1 aliphatic carbocycles. The summed E-state index contributed by atoms with van der Waals surface area (Å²) in [6.07, 6.45) is 2.12. The summed E-state index contributed by atoms with van der Waals surface area (Å²) < 4.78 is 15.9. The normalized spacial score (nSPS) is 38.2. The van der Waals surface area contributed by atoms with Crippen LogP contribution in [-0.2, 0) is 14.2 Å². The summed E-state index contributed by atoms with van der Waals surface area (Å²) >= 11 is 0. The van der Waals surface area contributed by atoms with Gasteiger partial charge in [-0.25, -0.2) is 0 Å². The Morgan fingerprint density at radius 3 is 2.09 bits per heavy atom. The second-order valence-corrected chi connectivity index (χ2v) is 3.51. The Morgan fingerprint density at radius 2 is 1.82 bits per heavy atom. The molecule has 0 aromatic heterocycles. The molecule has 1 spiro atoms. The van der Waals surface area contributed by atoms with Crippen molar-refractivity contribution in [3.63, 3.8) is 0 Å². The van der Waals surface area contributed by atoms with Crippen LogP contribution in [0, 0.1) is 0 Å². The van der Waals surface area contributed by atoms with Gasteiger partial charge in [0.1, 0.15) is 11.2 Å². The van der Waals surface area contributed by atoms with Crippen molar-refractivity contribution < 1.29 is 14.2 Å². The van der Waals surface area contributed by atoms with Crippen LogP contribution in [0.25, 0.3) is 0 Å². The van der Waals surface area contributed by atoms with Crippen LogP contribution in [0.5, 0.6) is 0 Å². The minimum atomic E-state index is -0.204. The Hall–Kier alpha value is -0.120. The van der Waals surface area contributed by atoms with Gasteiger partial charge < -0.3 is 14.2 Å². The predicted molar refractivity (Wildman–Crippen MR) is 39.3 cm³/mol. The van der Waals surface area contributed by atoms with Gasteiger partial charge in [0.2, 0.25) is 0 Å². The first-order valence-corrected chi connectivity index (χ1v) is 3.94. The molecule has 3 nitrogen and oxygen atoms in total. The number of ether oxygens (including phenoxy) is 3. The Morgan fingerprint density at radius 1 is 1.27 bits per heavy atom. The highest BCUT2D eigenvalue weighted by Crippen LogP contribution is 2.66. The SMILES string of the molecule is COC(OC)C1(C)OC12CC2. The molecule has 1 unspecified atom stereocenters. The maximum Gasteiger partial charge on any atom is 0.188 e. The minimum Gasteiger partial charge on any atom is -0.357 e. The lowest BCUT2D eigenvalue weighted by Gasteiger charge is -2.17. The molecule has 0 amide bonds. The summed E-state index contributed by atoms with van der Waals surface area (Å²) in [6.45, 7) is 2.05. The van der Waals surface area contributed by atoms with E-state index < -0.39 is 0 Å². The van der Waals surface area contributed by atoms with Crippen molar-refractivity contribution in [2.24, 2.45) is 0 Å². The van der Waals surface area contributed by atoms with Crippen LogP contribution in [0.4, 0.5) is 0 Å². The van der Waals surface area contributed by atoms with E-state index in [0.717, 1.165) is 12.8 Å². The number of rotatable bonds is 3. The maximum atomic E-state index is 5.60. The smallest absolute Gasteiger partial charge is 0.188 e. The summed E-state index contributed by atoms with van der Waals surface area (Å²) in [5.41, 5.74) is -0.0415. The minimum absolute atomic E-state index is 0.129. The summed E-state index contributed by atoms with van der Waals surface area (Å²) in [5.74, 6) is 0. The molecular weight excluding hydrogens is 144 g/mol. The molecule has 0 N–H and O–H groups in total. The second-order valence-electron chi connectivity index (χ2n) is 3.51. The van der Waals surface area contributed by atoms with E-state index in [0.29, 0.717) is 0 Å². The lowest BCUT2D eigenvalue weighted by molar-refractivity contribution is -0.141.